The number of rotatable bonds is 4. The largest absolute Gasteiger partial charge is 0.374 e. The van der Waals surface area contributed by atoms with Gasteiger partial charge in [0, 0.05) is 25.2 Å². The van der Waals surface area contributed by atoms with E-state index in [9.17, 15) is 4.79 Å². The fraction of sp³-hybridized carbons (Fsp3) is 0.353. The number of piperidine rings is 1. The van der Waals surface area contributed by atoms with Crippen molar-refractivity contribution in [1.29, 1.82) is 5.26 Å². The van der Waals surface area contributed by atoms with E-state index in [0.717, 1.165) is 43.0 Å². The number of hydrogen-bond acceptors (Lipinski definition) is 5. The third kappa shape index (κ3) is 3.69. The maximum atomic E-state index is 12.4. The van der Waals surface area contributed by atoms with Crippen molar-refractivity contribution in [2.24, 2.45) is 5.92 Å². The zero-order chi connectivity index (χ0) is 16.9. The highest BCUT2D eigenvalue weighted by Gasteiger charge is 2.24. The van der Waals surface area contributed by atoms with Crippen molar-refractivity contribution in [2.45, 2.75) is 12.8 Å². The number of carbonyl (C=O) groups is 1. The number of anilines is 1. The molecule has 1 saturated heterocycles. The van der Waals surface area contributed by atoms with Gasteiger partial charge in [0.25, 0.3) is 5.91 Å². The summed E-state index contributed by atoms with van der Waals surface area (Å²) in [6.07, 6.45) is 1.89. The molecule has 7 heteroatoms. The number of nitrogens with one attached hydrogen (secondary N) is 1. The molecule has 1 aliphatic rings. The van der Waals surface area contributed by atoms with Crippen LogP contribution in [0, 0.1) is 17.2 Å². The Hall–Kier alpha value is -2.10. The number of halogens is 1. The molecule has 0 radical (unpaired) electrons. The molecule has 0 spiro atoms. The van der Waals surface area contributed by atoms with Gasteiger partial charge in [0.15, 0.2) is 5.15 Å². The maximum absolute atomic E-state index is 12.4. The maximum Gasteiger partial charge on any atom is 0.253 e. The number of carbonyl (C=O) groups excluding carboxylic acids is 1. The van der Waals surface area contributed by atoms with E-state index in [1.165, 1.54) is 11.5 Å². The number of likely N-dealkylation sites (tertiary alicyclic amines) is 1. The Morgan fingerprint density at radius 1 is 1.38 bits per heavy atom. The minimum atomic E-state index is 0.100. The van der Waals surface area contributed by atoms with Gasteiger partial charge >= 0.3 is 0 Å². The summed E-state index contributed by atoms with van der Waals surface area (Å²) in [7, 11) is 0. The molecule has 1 aromatic heterocycles. The van der Waals surface area contributed by atoms with E-state index in [2.05, 4.69) is 15.8 Å². The van der Waals surface area contributed by atoms with E-state index in [1.54, 1.807) is 0 Å². The topological polar surface area (TPSA) is 69.0 Å². The minimum Gasteiger partial charge on any atom is -0.374 e. The summed E-state index contributed by atoms with van der Waals surface area (Å²) in [5.41, 5.74) is 1.16. The summed E-state index contributed by atoms with van der Waals surface area (Å²) in [6.45, 7) is 2.28. The lowest BCUT2D eigenvalue weighted by Crippen LogP contribution is -2.39. The molecule has 0 bridgehead atoms. The Balaban J connectivity index is 1.50. The van der Waals surface area contributed by atoms with Crippen molar-refractivity contribution in [2.75, 3.05) is 25.0 Å². The first kappa shape index (κ1) is 16.7. The lowest BCUT2D eigenvalue weighted by molar-refractivity contribution is 0.0695. The van der Waals surface area contributed by atoms with Gasteiger partial charge in [-0.2, -0.15) is 9.64 Å². The van der Waals surface area contributed by atoms with Crippen LogP contribution >= 0.6 is 23.1 Å². The second kappa shape index (κ2) is 7.65. The van der Waals surface area contributed by atoms with E-state index >= 15 is 0 Å². The summed E-state index contributed by atoms with van der Waals surface area (Å²) < 4.78 is 3.99. The number of benzene rings is 1. The average molecular weight is 361 g/mol. The summed E-state index contributed by atoms with van der Waals surface area (Å²) in [5, 5.41) is 13.3. The molecule has 1 fully saturated rings. The Bertz CT molecular complexity index is 748. The molecule has 124 valence electrons. The summed E-state index contributed by atoms with van der Waals surface area (Å²) in [6, 6.07) is 11.5. The van der Waals surface area contributed by atoms with Crippen LogP contribution in [-0.4, -0.2) is 34.8 Å². The number of nitrogens with zero attached hydrogens (tertiary/aromatic N) is 3. The van der Waals surface area contributed by atoms with Crippen molar-refractivity contribution in [3.8, 4) is 6.07 Å². The SMILES string of the molecule is N#Cc1c(Cl)nsc1NCC1CCN(C(=O)c2ccccc2)CC1. The van der Waals surface area contributed by atoms with Gasteiger partial charge in [-0.1, -0.05) is 29.8 Å². The average Bonchev–Trinajstić information content (AvgIpc) is 3.00. The Labute approximate surface area is 150 Å². The summed E-state index contributed by atoms with van der Waals surface area (Å²) in [5.74, 6) is 0.570. The molecule has 1 amide bonds. The highest BCUT2D eigenvalue weighted by atomic mass is 35.5. The zero-order valence-electron chi connectivity index (χ0n) is 13.0. The van der Waals surface area contributed by atoms with Gasteiger partial charge in [-0.15, -0.1) is 0 Å². The second-order valence-electron chi connectivity index (χ2n) is 5.77. The highest BCUT2D eigenvalue weighted by Crippen LogP contribution is 2.28. The zero-order valence-corrected chi connectivity index (χ0v) is 14.6. The Morgan fingerprint density at radius 2 is 2.08 bits per heavy atom. The van der Waals surface area contributed by atoms with Gasteiger partial charge in [0.1, 0.15) is 16.6 Å². The Morgan fingerprint density at radius 3 is 2.75 bits per heavy atom. The van der Waals surface area contributed by atoms with Crippen molar-refractivity contribution in [3.63, 3.8) is 0 Å². The second-order valence-corrected chi connectivity index (χ2v) is 6.90. The molecule has 2 aromatic rings. The highest BCUT2D eigenvalue weighted by molar-refractivity contribution is 7.10. The number of hydrogen-bond donors (Lipinski definition) is 1. The quantitative estimate of drug-likeness (QED) is 0.903. The molecular weight excluding hydrogens is 344 g/mol. The lowest BCUT2D eigenvalue weighted by atomic mass is 9.96. The van der Waals surface area contributed by atoms with Crippen molar-refractivity contribution in [3.05, 3.63) is 46.6 Å². The molecule has 1 N–H and O–H groups in total. The number of aromatic nitrogens is 1. The molecule has 5 nitrogen and oxygen atoms in total. The number of amides is 1. The third-order valence-electron chi connectivity index (χ3n) is 4.24. The van der Waals surface area contributed by atoms with Crippen LogP contribution in [0.3, 0.4) is 0 Å². The molecule has 2 heterocycles. The van der Waals surface area contributed by atoms with E-state index in [4.69, 9.17) is 16.9 Å². The number of nitriles is 1. The van der Waals surface area contributed by atoms with Crippen LogP contribution in [0.2, 0.25) is 5.15 Å². The molecule has 0 unspecified atom stereocenters. The fourth-order valence-corrected chi connectivity index (χ4v) is 3.77. The molecule has 24 heavy (non-hydrogen) atoms. The first-order valence-electron chi connectivity index (χ1n) is 7.82. The lowest BCUT2D eigenvalue weighted by Gasteiger charge is -2.32. The fourth-order valence-electron chi connectivity index (χ4n) is 2.83. The molecule has 0 saturated carbocycles. The molecule has 0 aliphatic carbocycles. The molecule has 0 atom stereocenters. The predicted octanol–water partition coefficient (Wildman–Crippen LogP) is 3.63. The standard InChI is InChI=1S/C17H17ClN4OS/c18-15-14(10-19)16(24-21-15)20-11-12-6-8-22(9-7-12)17(23)13-4-2-1-3-5-13/h1-5,12,20H,6-9,11H2. The van der Waals surface area contributed by atoms with E-state index < -0.39 is 0 Å². The van der Waals surface area contributed by atoms with E-state index in [0.29, 0.717) is 11.5 Å². The van der Waals surface area contributed by atoms with Gasteiger partial charge in [-0.3, -0.25) is 4.79 Å². The predicted molar refractivity (Wildman–Crippen MR) is 95.4 cm³/mol. The Kier molecular flexibility index (Phi) is 5.34. The van der Waals surface area contributed by atoms with Crippen LogP contribution < -0.4 is 5.32 Å². The van der Waals surface area contributed by atoms with E-state index in [1.807, 2.05) is 35.2 Å². The molecular formula is C17H17ClN4OS. The van der Waals surface area contributed by atoms with Crippen LogP contribution in [0.4, 0.5) is 5.00 Å². The molecule has 3 rings (SSSR count). The van der Waals surface area contributed by atoms with Crippen LogP contribution in [0.1, 0.15) is 28.8 Å². The van der Waals surface area contributed by atoms with E-state index in [-0.39, 0.29) is 11.1 Å². The van der Waals surface area contributed by atoms with Gasteiger partial charge in [0.05, 0.1) is 0 Å². The van der Waals surface area contributed by atoms with Crippen molar-refractivity contribution >= 4 is 34.0 Å². The minimum absolute atomic E-state index is 0.100. The summed E-state index contributed by atoms with van der Waals surface area (Å²) >= 11 is 7.08. The first-order chi connectivity index (χ1) is 11.7. The van der Waals surface area contributed by atoms with Crippen molar-refractivity contribution in [1.82, 2.24) is 9.27 Å². The van der Waals surface area contributed by atoms with Gasteiger partial charge in [0.2, 0.25) is 0 Å². The van der Waals surface area contributed by atoms with Crippen LogP contribution in [0.25, 0.3) is 0 Å². The van der Waals surface area contributed by atoms with Gasteiger partial charge < -0.3 is 10.2 Å². The van der Waals surface area contributed by atoms with Crippen LogP contribution in [0.15, 0.2) is 30.3 Å². The summed E-state index contributed by atoms with van der Waals surface area (Å²) in [4.78, 5) is 14.3. The van der Waals surface area contributed by atoms with Crippen molar-refractivity contribution < 1.29 is 4.79 Å². The van der Waals surface area contributed by atoms with Crippen LogP contribution in [-0.2, 0) is 0 Å². The smallest absolute Gasteiger partial charge is 0.253 e. The van der Waals surface area contributed by atoms with Gasteiger partial charge in [-0.05, 0) is 42.4 Å². The molecule has 1 aromatic carbocycles. The van der Waals surface area contributed by atoms with Gasteiger partial charge in [-0.25, -0.2) is 0 Å². The molecule has 1 aliphatic heterocycles. The normalized spacial score (nSPS) is 15.1. The third-order valence-corrected chi connectivity index (χ3v) is 5.41. The first-order valence-corrected chi connectivity index (χ1v) is 8.97. The van der Waals surface area contributed by atoms with Crippen LogP contribution in [0.5, 0.6) is 0 Å². The monoisotopic (exact) mass is 360 g/mol.